The number of pyridine rings is 2. The Morgan fingerprint density at radius 3 is 2.81 bits per heavy atom. The van der Waals surface area contributed by atoms with Crippen LogP contribution >= 0.6 is 0 Å². The fourth-order valence-corrected chi connectivity index (χ4v) is 3.03. The minimum atomic E-state index is 0.332. The SMILES string of the molecule is CC(C)c1ccc2cc(-c3ncc[nH]3)c3nc(-c4nnco4)cn3c2n1. The van der Waals surface area contributed by atoms with Crippen LogP contribution in [0.1, 0.15) is 25.5 Å². The summed E-state index contributed by atoms with van der Waals surface area (Å²) in [6.07, 6.45) is 6.67. The van der Waals surface area contributed by atoms with E-state index in [-0.39, 0.29) is 0 Å². The van der Waals surface area contributed by atoms with Gasteiger partial charge in [0.25, 0.3) is 5.89 Å². The molecule has 5 aromatic rings. The number of hydrogen-bond acceptors (Lipinski definition) is 6. The lowest BCUT2D eigenvalue weighted by atomic mass is 10.1. The van der Waals surface area contributed by atoms with Crippen molar-refractivity contribution in [2.24, 2.45) is 0 Å². The summed E-state index contributed by atoms with van der Waals surface area (Å²) in [6.45, 7) is 4.25. The molecule has 0 radical (unpaired) electrons. The number of aromatic nitrogens is 7. The maximum absolute atomic E-state index is 5.31. The zero-order valence-corrected chi connectivity index (χ0v) is 14.2. The van der Waals surface area contributed by atoms with Crippen molar-refractivity contribution < 1.29 is 4.42 Å². The Labute approximate surface area is 148 Å². The third-order valence-corrected chi connectivity index (χ3v) is 4.33. The molecular formula is C18H15N7O. The van der Waals surface area contributed by atoms with E-state index in [0.717, 1.165) is 33.8 Å². The Bertz CT molecular complexity index is 1200. The van der Waals surface area contributed by atoms with E-state index in [0.29, 0.717) is 17.5 Å². The zero-order chi connectivity index (χ0) is 17.7. The number of H-pyrrole nitrogens is 1. The summed E-state index contributed by atoms with van der Waals surface area (Å²) in [5.41, 5.74) is 4.07. The van der Waals surface area contributed by atoms with Crippen molar-refractivity contribution in [3.63, 3.8) is 0 Å². The molecule has 0 saturated heterocycles. The Morgan fingerprint density at radius 1 is 1.15 bits per heavy atom. The van der Waals surface area contributed by atoms with Gasteiger partial charge in [0.1, 0.15) is 22.8 Å². The first kappa shape index (κ1) is 14.8. The molecule has 128 valence electrons. The summed E-state index contributed by atoms with van der Waals surface area (Å²) in [4.78, 5) is 17.1. The summed E-state index contributed by atoms with van der Waals surface area (Å²) >= 11 is 0. The van der Waals surface area contributed by atoms with Gasteiger partial charge in [-0.15, -0.1) is 10.2 Å². The highest BCUT2D eigenvalue weighted by Gasteiger charge is 2.17. The summed E-state index contributed by atoms with van der Waals surface area (Å²) in [5.74, 6) is 1.44. The van der Waals surface area contributed by atoms with Crippen molar-refractivity contribution in [1.82, 2.24) is 34.5 Å². The molecule has 0 aliphatic rings. The number of nitrogens with one attached hydrogen (secondary N) is 1. The van der Waals surface area contributed by atoms with Crippen LogP contribution < -0.4 is 0 Å². The van der Waals surface area contributed by atoms with Crippen LogP contribution in [0.3, 0.4) is 0 Å². The quantitative estimate of drug-likeness (QED) is 0.538. The number of hydrogen-bond donors (Lipinski definition) is 1. The van der Waals surface area contributed by atoms with Crippen molar-refractivity contribution >= 4 is 16.7 Å². The minimum Gasteiger partial charge on any atom is -0.422 e. The van der Waals surface area contributed by atoms with Crippen LogP contribution in [-0.2, 0) is 0 Å². The van der Waals surface area contributed by atoms with E-state index < -0.39 is 0 Å². The van der Waals surface area contributed by atoms with E-state index in [2.05, 4.69) is 46.1 Å². The van der Waals surface area contributed by atoms with Gasteiger partial charge in [-0.1, -0.05) is 13.8 Å². The predicted octanol–water partition coefficient (Wildman–Crippen LogP) is 3.45. The van der Waals surface area contributed by atoms with Crippen molar-refractivity contribution in [1.29, 1.82) is 0 Å². The minimum absolute atomic E-state index is 0.332. The van der Waals surface area contributed by atoms with E-state index in [1.54, 1.807) is 12.4 Å². The van der Waals surface area contributed by atoms with Gasteiger partial charge >= 0.3 is 0 Å². The molecule has 0 aromatic carbocycles. The monoisotopic (exact) mass is 345 g/mol. The third-order valence-electron chi connectivity index (χ3n) is 4.33. The maximum Gasteiger partial charge on any atom is 0.267 e. The predicted molar refractivity (Wildman–Crippen MR) is 95.5 cm³/mol. The summed E-state index contributed by atoms with van der Waals surface area (Å²) in [6, 6.07) is 6.18. The molecule has 0 amide bonds. The second-order valence-electron chi connectivity index (χ2n) is 6.36. The van der Waals surface area contributed by atoms with Gasteiger partial charge in [0.05, 0.1) is 5.56 Å². The first-order valence-electron chi connectivity index (χ1n) is 8.30. The first-order chi connectivity index (χ1) is 12.7. The number of aromatic amines is 1. The van der Waals surface area contributed by atoms with E-state index in [4.69, 9.17) is 14.4 Å². The van der Waals surface area contributed by atoms with Crippen molar-refractivity contribution in [3.8, 4) is 23.0 Å². The van der Waals surface area contributed by atoms with Gasteiger partial charge in [-0.3, -0.25) is 4.40 Å². The van der Waals surface area contributed by atoms with Crippen LogP contribution in [0.5, 0.6) is 0 Å². The molecule has 0 aliphatic carbocycles. The topological polar surface area (TPSA) is 97.8 Å². The molecule has 0 aliphatic heterocycles. The number of fused-ring (bicyclic) bond motifs is 3. The van der Waals surface area contributed by atoms with Gasteiger partial charge in [0.15, 0.2) is 0 Å². The molecule has 8 nitrogen and oxygen atoms in total. The maximum atomic E-state index is 5.31. The molecule has 8 heteroatoms. The summed E-state index contributed by atoms with van der Waals surface area (Å²) in [7, 11) is 0. The van der Waals surface area contributed by atoms with Crippen LogP contribution in [0.2, 0.25) is 0 Å². The largest absolute Gasteiger partial charge is 0.422 e. The summed E-state index contributed by atoms with van der Waals surface area (Å²) in [5, 5.41) is 8.71. The van der Waals surface area contributed by atoms with Gasteiger partial charge in [0.2, 0.25) is 6.39 Å². The molecule has 0 fully saturated rings. The second-order valence-corrected chi connectivity index (χ2v) is 6.36. The number of rotatable bonds is 3. The molecule has 0 saturated carbocycles. The average molecular weight is 345 g/mol. The van der Waals surface area contributed by atoms with E-state index >= 15 is 0 Å². The lowest BCUT2D eigenvalue weighted by molar-refractivity contribution is 0.567. The Balaban J connectivity index is 1.88. The molecule has 26 heavy (non-hydrogen) atoms. The third kappa shape index (κ3) is 2.19. The van der Waals surface area contributed by atoms with Crippen LogP contribution in [0.15, 0.2) is 47.6 Å². The molecule has 0 unspecified atom stereocenters. The van der Waals surface area contributed by atoms with Crippen LogP contribution in [-0.4, -0.2) is 34.5 Å². The average Bonchev–Trinajstić information content (AvgIpc) is 3.41. The fourth-order valence-electron chi connectivity index (χ4n) is 3.03. The number of nitrogens with zero attached hydrogens (tertiary/aromatic N) is 6. The molecule has 1 N–H and O–H groups in total. The van der Waals surface area contributed by atoms with Gasteiger partial charge < -0.3 is 9.40 Å². The van der Waals surface area contributed by atoms with Gasteiger partial charge in [-0.2, -0.15) is 0 Å². The second kappa shape index (κ2) is 5.48. The molecule has 5 aromatic heterocycles. The highest BCUT2D eigenvalue weighted by atomic mass is 16.4. The van der Waals surface area contributed by atoms with Crippen molar-refractivity contribution in [2.45, 2.75) is 19.8 Å². The van der Waals surface area contributed by atoms with Gasteiger partial charge in [-0.05, 0) is 24.1 Å². The Hall–Kier alpha value is -3.55. The summed E-state index contributed by atoms with van der Waals surface area (Å²) < 4.78 is 7.27. The molecule has 5 heterocycles. The van der Waals surface area contributed by atoms with Crippen LogP contribution in [0, 0.1) is 0 Å². The molecular weight excluding hydrogens is 330 g/mol. The van der Waals surface area contributed by atoms with E-state index in [9.17, 15) is 0 Å². The van der Waals surface area contributed by atoms with Gasteiger partial charge in [0, 0.05) is 29.7 Å². The van der Waals surface area contributed by atoms with Gasteiger partial charge in [-0.25, -0.2) is 15.0 Å². The molecule has 0 bridgehead atoms. The standard InChI is InChI=1S/C18H15N7O/c1-10(2)13-4-3-11-7-12(15-19-5-6-20-15)17-23-14(18-24-21-9-26-18)8-25(17)16(11)22-13/h3-10H,1-2H3,(H,19,20). The van der Waals surface area contributed by atoms with Crippen molar-refractivity contribution in [3.05, 3.63) is 48.9 Å². The van der Waals surface area contributed by atoms with E-state index in [1.807, 2.05) is 16.7 Å². The first-order valence-corrected chi connectivity index (χ1v) is 8.30. The van der Waals surface area contributed by atoms with Crippen LogP contribution in [0.25, 0.3) is 39.7 Å². The highest BCUT2D eigenvalue weighted by Crippen LogP contribution is 2.29. The Kier molecular flexibility index (Phi) is 3.11. The molecule has 5 rings (SSSR count). The normalized spacial score (nSPS) is 11.8. The lowest BCUT2D eigenvalue weighted by Crippen LogP contribution is -1.99. The lowest BCUT2D eigenvalue weighted by Gasteiger charge is -2.09. The highest BCUT2D eigenvalue weighted by molar-refractivity contribution is 5.89. The Morgan fingerprint density at radius 2 is 2.08 bits per heavy atom. The van der Waals surface area contributed by atoms with E-state index in [1.165, 1.54) is 6.39 Å². The number of imidazole rings is 2. The van der Waals surface area contributed by atoms with Crippen molar-refractivity contribution in [2.75, 3.05) is 0 Å². The smallest absolute Gasteiger partial charge is 0.267 e. The molecule has 0 atom stereocenters. The molecule has 0 spiro atoms. The fraction of sp³-hybridized carbons (Fsp3) is 0.167. The zero-order valence-electron chi connectivity index (χ0n) is 14.2. The van der Waals surface area contributed by atoms with Crippen LogP contribution in [0.4, 0.5) is 0 Å².